The molecule has 1 aliphatic rings. The summed E-state index contributed by atoms with van der Waals surface area (Å²) in [7, 11) is 0. The zero-order chi connectivity index (χ0) is 13.0. The van der Waals surface area contributed by atoms with Crippen LogP contribution in [-0.4, -0.2) is 25.0 Å². The van der Waals surface area contributed by atoms with E-state index in [0.717, 1.165) is 24.2 Å². The summed E-state index contributed by atoms with van der Waals surface area (Å²) in [6.45, 7) is 6.19. The average molecular weight is 283 g/mol. The predicted molar refractivity (Wildman–Crippen MR) is 80.9 cm³/mol. The number of amides is 1. The second-order valence-electron chi connectivity index (χ2n) is 5.18. The maximum absolute atomic E-state index is 12.2. The van der Waals surface area contributed by atoms with Crippen LogP contribution in [0.4, 0.5) is 0 Å². The number of piperidine rings is 1. The van der Waals surface area contributed by atoms with Crippen molar-refractivity contribution in [3.63, 3.8) is 0 Å². The van der Waals surface area contributed by atoms with E-state index in [2.05, 4.69) is 17.6 Å². The fourth-order valence-corrected chi connectivity index (χ4v) is 2.54. The minimum absolute atomic E-state index is 0. The average Bonchev–Trinajstić information content (AvgIpc) is 2.40. The highest BCUT2D eigenvalue weighted by atomic mass is 35.5. The van der Waals surface area contributed by atoms with Crippen molar-refractivity contribution in [3.05, 3.63) is 35.4 Å². The van der Waals surface area contributed by atoms with Gasteiger partial charge in [0.2, 0.25) is 0 Å². The molecule has 0 spiro atoms. The van der Waals surface area contributed by atoms with Crippen molar-refractivity contribution in [2.75, 3.05) is 13.1 Å². The van der Waals surface area contributed by atoms with E-state index in [1.165, 1.54) is 12.8 Å². The second kappa shape index (κ2) is 7.51. The summed E-state index contributed by atoms with van der Waals surface area (Å²) in [6.07, 6.45) is 2.40. The van der Waals surface area contributed by atoms with Crippen LogP contribution in [0, 0.1) is 12.8 Å². The second-order valence-corrected chi connectivity index (χ2v) is 5.18. The molecule has 0 aromatic heterocycles. The number of carbonyl (C=O) groups is 1. The molecule has 2 unspecified atom stereocenters. The third kappa shape index (κ3) is 4.22. The molecule has 19 heavy (non-hydrogen) atoms. The molecule has 2 N–H and O–H groups in total. The van der Waals surface area contributed by atoms with Crippen LogP contribution in [0.5, 0.6) is 0 Å². The van der Waals surface area contributed by atoms with Gasteiger partial charge in [-0.1, -0.05) is 18.2 Å². The molecule has 106 valence electrons. The molecule has 1 saturated heterocycles. The van der Waals surface area contributed by atoms with Gasteiger partial charge in [-0.15, -0.1) is 12.4 Å². The van der Waals surface area contributed by atoms with Gasteiger partial charge in [0.1, 0.15) is 0 Å². The van der Waals surface area contributed by atoms with Crippen molar-refractivity contribution in [3.8, 4) is 0 Å². The first-order chi connectivity index (χ1) is 8.68. The Bertz CT molecular complexity index is 416. The number of halogens is 1. The van der Waals surface area contributed by atoms with E-state index >= 15 is 0 Å². The SMILES string of the molecule is Cc1ccccc1C(=O)NC(C)C1CCCNC1.Cl. The fraction of sp³-hybridized carbons (Fsp3) is 0.533. The first kappa shape index (κ1) is 16.0. The smallest absolute Gasteiger partial charge is 0.251 e. The van der Waals surface area contributed by atoms with Crippen LogP contribution in [-0.2, 0) is 0 Å². The van der Waals surface area contributed by atoms with E-state index in [4.69, 9.17) is 0 Å². The highest BCUT2D eigenvalue weighted by Gasteiger charge is 2.21. The third-order valence-electron chi connectivity index (χ3n) is 3.79. The predicted octanol–water partition coefficient (Wildman–Crippen LogP) is 2.53. The lowest BCUT2D eigenvalue weighted by Crippen LogP contribution is -2.44. The molecule has 2 atom stereocenters. The van der Waals surface area contributed by atoms with Gasteiger partial charge >= 0.3 is 0 Å². The van der Waals surface area contributed by atoms with Crippen molar-refractivity contribution in [1.29, 1.82) is 0 Å². The minimum Gasteiger partial charge on any atom is -0.349 e. The Morgan fingerprint density at radius 3 is 2.79 bits per heavy atom. The van der Waals surface area contributed by atoms with E-state index in [1.54, 1.807) is 0 Å². The number of rotatable bonds is 3. The number of nitrogens with one attached hydrogen (secondary N) is 2. The number of benzene rings is 1. The zero-order valence-corrected chi connectivity index (χ0v) is 12.4. The largest absolute Gasteiger partial charge is 0.349 e. The number of carbonyl (C=O) groups excluding carboxylic acids is 1. The van der Waals surface area contributed by atoms with Gasteiger partial charge in [0, 0.05) is 11.6 Å². The standard InChI is InChI=1S/C15H22N2O.ClH/c1-11-6-3-4-8-14(11)15(18)17-12(2)13-7-5-9-16-10-13;/h3-4,6,8,12-13,16H,5,7,9-10H2,1-2H3,(H,17,18);1H. The molecular formula is C15H23ClN2O. The van der Waals surface area contributed by atoms with E-state index in [0.29, 0.717) is 5.92 Å². The van der Waals surface area contributed by atoms with Crippen molar-refractivity contribution < 1.29 is 4.79 Å². The number of hydrogen-bond donors (Lipinski definition) is 2. The molecule has 1 aromatic carbocycles. The lowest BCUT2D eigenvalue weighted by atomic mass is 9.92. The Morgan fingerprint density at radius 2 is 2.16 bits per heavy atom. The van der Waals surface area contributed by atoms with Crippen LogP contribution in [0.15, 0.2) is 24.3 Å². The normalized spacial score (nSPS) is 20.2. The number of aryl methyl sites for hydroxylation is 1. The zero-order valence-electron chi connectivity index (χ0n) is 11.6. The Hall–Kier alpha value is -1.06. The van der Waals surface area contributed by atoms with Crippen molar-refractivity contribution in [1.82, 2.24) is 10.6 Å². The first-order valence-electron chi connectivity index (χ1n) is 6.75. The number of hydrogen-bond acceptors (Lipinski definition) is 2. The molecule has 1 fully saturated rings. The Kier molecular flexibility index (Phi) is 6.32. The van der Waals surface area contributed by atoms with Gasteiger partial charge < -0.3 is 10.6 Å². The highest BCUT2D eigenvalue weighted by molar-refractivity contribution is 5.95. The molecule has 2 rings (SSSR count). The quantitative estimate of drug-likeness (QED) is 0.894. The van der Waals surface area contributed by atoms with E-state index in [9.17, 15) is 4.79 Å². The Morgan fingerprint density at radius 1 is 1.42 bits per heavy atom. The lowest BCUT2D eigenvalue weighted by molar-refractivity contribution is 0.0921. The summed E-state index contributed by atoms with van der Waals surface area (Å²) in [5.41, 5.74) is 1.82. The molecular weight excluding hydrogens is 260 g/mol. The van der Waals surface area contributed by atoms with Crippen molar-refractivity contribution in [2.45, 2.75) is 32.7 Å². The molecule has 1 heterocycles. The molecule has 1 aliphatic heterocycles. The van der Waals surface area contributed by atoms with Crippen LogP contribution in [0.25, 0.3) is 0 Å². The highest BCUT2D eigenvalue weighted by Crippen LogP contribution is 2.15. The van der Waals surface area contributed by atoms with Gasteiger partial charge in [0.25, 0.3) is 5.91 Å². The third-order valence-corrected chi connectivity index (χ3v) is 3.79. The molecule has 3 nitrogen and oxygen atoms in total. The molecule has 1 amide bonds. The van der Waals surface area contributed by atoms with Crippen LogP contribution in [0.2, 0.25) is 0 Å². The van der Waals surface area contributed by atoms with Crippen LogP contribution in [0.1, 0.15) is 35.7 Å². The van der Waals surface area contributed by atoms with Gasteiger partial charge in [-0.25, -0.2) is 0 Å². The summed E-state index contributed by atoms with van der Waals surface area (Å²) in [4.78, 5) is 12.2. The summed E-state index contributed by atoms with van der Waals surface area (Å²) < 4.78 is 0. The van der Waals surface area contributed by atoms with Crippen LogP contribution < -0.4 is 10.6 Å². The molecule has 0 aliphatic carbocycles. The van der Waals surface area contributed by atoms with E-state index in [-0.39, 0.29) is 24.4 Å². The van der Waals surface area contributed by atoms with Crippen LogP contribution in [0.3, 0.4) is 0 Å². The van der Waals surface area contributed by atoms with Gasteiger partial charge in [-0.3, -0.25) is 4.79 Å². The topological polar surface area (TPSA) is 41.1 Å². The molecule has 4 heteroatoms. The van der Waals surface area contributed by atoms with E-state index < -0.39 is 0 Å². The fourth-order valence-electron chi connectivity index (χ4n) is 2.54. The molecule has 0 saturated carbocycles. The molecule has 1 aromatic rings. The monoisotopic (exact) mass is 282 g/mol. The summed E-state index contributed by atoms with van der Waals surface area (Å²) in [5.74, 6) is 0.595. The first-order valence-corrected chi connectivity index (χ1v) is 6.75. The van der Waals surface area contributed by atoms with Gasteiger partial charge in [-0.05, 0) is 57.3 Å². The lowest BCUT2D eigenvalue weighted by Gasteiger charge is -2.29. The summed E-state index contributed by atoms with van der Waals surface area (Å²) >= 11 is 0. The van der Waals surface area contributed by atoms with Gasteiger partial charge in [-0.2, -0.15) is 0 Å². The van der Waals surface area contributed by atoms with E-state index in [1.807, 2.05) is 31.2 Å². The minimum atomic E-state index is 0. The van der Waals surface area contributed by atoms with Crippen LogP contribution >= 0.6 is 12.4 Å². The van der Waals surface area contributed by atoms with Gasteiger partial charge in [0.05, 0.1) is 0 Å². The Labute approximate surface area is 121 Å². The summed E-state index contributed by atoms with van der Waals surface area (Å²) in [6, 6.07) is 7.96. The maximum Gasteiger partial charge on any atom is 0.251 e. The molecule has 0 bridgehead atoms. The Balaban J connectivity index is 0.00000180. The van der Waals surface area contributed by atoms with Gasteiger partial charge in [0.15, 0.2) is 0 Å². The summed E-state index contributed by atoms with van der Waals surface area (Å²) in [5, 5.41) is 6.52. The van der Waals surface area contributed by atoms with Crippen molar-refractivity contribution in [2.24, 2.45) is 5.92 Å². The maximum atomic E-state index is 12.2. The van der Waals surface area contributed by atoms with Crippen molar-refractivity contribution >= 4 is 18.3 Å². The molecule has 0 radical (unpaired) electrons.